The van der Waals surface area contributed by atoms with Crippen LogP contribution < -0.4 is 5.56 Å². The molecule has 1 fully saturated rings. The molecule has 1 aliphatic carbocycles. The zero-order valence-corrected chi connectivity index (χ0v) is 18.2. The second-order valence-corrected chi connectivity index (χ2v) is 8.29. The van der Waals surface area contributed by atoms with E-state index >= 15 is 0 Å². The Kier molecular flexibility index (Phi) is 5.51. The van der Waals surface area contributed by atoms with E-state index in [1.54, 1.807) is 10.6 Å². The van der Waals surface area contributed by atoms with E-state index in [0.29, 0.717) is 18.5 Å². The van der Waals surface area contributed by atoms with E-state index in [1.807, 2.05) is 54.7 Å². The summed E-state index contributed by atoms with van der Waals surface area (Å²) < 4.78 is 7.98. The molecule has 0 aliphatic heterocycles. The summed E-state index contributed by atoms with van der Waals surface area (Å²) in [5.74, 6) is -0.704. The van der Waals surface area contributed by atoms with E-state index in [0.717, 1.165) is 22.3 Å². The number of methoxy groups -OCH3 is 1. The van der Waals surface area contributed by atoms with Gasteiger partial charge in [0.15, 0.2) is 0 Å². The molecule has 168 valence electrons. The Morgan fingerprint density at radius 2 is 1.82 bits per heavy atom. The van der Waals surface area contributed by atoms with E-state index in [1.165, 1.54) is 17.9 Å². The van der Waals surface area contributed by atoms with Crippen LogP contribution in [-0.2, 0) is 9.53 Å². The maximum absolute atomic E-state index is 12.8. The molecule has 0 bridgehead atoms. The molecule has 0 radical (unpaired) electrons. The van der Waals surface area contributed by atoms with Gasteiger partial charge in [-0.2, -0.15) is 10.2 Å². The lowest BCUT2D eigenvalue weighted by Crippen LogP contribution is -2.40. The average molecular weight is 444 g/mol. The normalized spacial score (nSPS) is 20.6. The van der Waals surface area contributed by atoms with Gasteiger partial charge >= 0.3 is 5.97 Å². The van der Waals surface area contributed by atoms with Crippen LogP contribution in [0, 0.1) is 5.92 Å². The van der Waals surface area contributed by atoms with Crippen molar-refractivity contribution >= 4 is 11.5 Å². The lowest BCUT2D eigenvalue weighted by atomic mass is 9.84. The number of nitrogens with zero attached hydrogens (tertiary/aromatic N) is 4. The van der Waals surface area contributed by atoms with Crippen LogP contribution in [0.5, 0.6) is 0 Å². The standard InChI is InChI=1S/C25H24N4O4/c1-33-25(32)17-10-12-19(21(30)15-17)29-22(31)13-11-18(26-29)23-20-9-5-6-14-28(20)27-24(23)16-7-3-2-4-8-16/h2-9,11,13-14,17,19,21,30H,10,12,15H2,1H3/t17-,19+,21+/m0/s1. The minimum Gasteiger partial charge on any atom is -0.469 e. The van der Waals surface area contributed by atoms with Crippen LogP contribution in [0.3, 0.4) is 0 Å². The van der Waals surface area contributed by atoms with Gasteiger partial charge in [-0.15, -0.1) is 0 Å². The number of ether oxygens (including phenoxy) is 1. The molecular formula is C25H24N4O4. The topological polar surface area (TPSA) is 98.7 Å². The molecule has 3 aromatic heterocycles. The second kappa shape index (κ2) is 8.63. The number of esters is 1. The third kappa shape index (κ3) is 3.82. The molecule has 8 heteroatoms. The Morgan fingerprint density at radius 3 is 2.58 bits per heavy atom. The van der Waals surface area contributed by atoms with Crippen LogP contribution in [0.4, 0.5) is 0 Å². The number of pyridine rings is 1. The van der Waals surface area contributed by atoms with Crippen molar-refractivity contribution in [2.45, 2.75) is 31.4 Å². The first-order valence-corrected chi connectivity index (χ1v) is 11.0. The summed E-state index contributed by atoms with van der Waals surface area (Å²) in [6.45, 7) is 0. The summed E-state index contributed by atoms with van der Waals surface area (Å²) in [4.78, 5) is 24.7. The third-order valence-electron chi connectivity index (χ3n) is 6.30. The summed E-state index contributed by atoms with van der Waals surface area (Å²) in [5, 5.41) is 20.2. The number of fused-ring (bicyclic) bond motifs is 1. The second-order valence-electron chi connectivity index (χ2n) is 8.29. The fourth-order valence-electron chi connectivity index (χ4n) is 4.64. The van der Waals surface area contributed by atoms with Gasteiger partial charge in [0.2, 0.25) is 0 Å². The molecule has 3 atom stereocenters. The quantitative estimate of drug-likeness (QED) is 0.486. The molecule has 1 aromatic carbocycles. The Labute approximate surface area is 190 Å². The van der Waals surface area contributed by atoms with Gasteiger partial charge in [0.05, 0.1) is 41.9 Å². The third-order valence-corrected chi connectivity index (χ3v) is 6.30. The first-order chi connectivity index (χ1) is 16.1. The number of carbonyl (C=O) groups is 1. The highest BCUT2D eigenvalue weighted by atomic mass is 16.5. The van der Waals surface area contributed by atoms with E-state index in [-0.39, 0.29) is 23.9 Å². The van der Waals surface area contributed by atoms with Crippen LogP contribution in [0.1, 0.15) is 25.3 Å². The first-order valence-electron chi connectivity index (χ1n) is 11.0. The summed E-state index contributed by atoms with van der Waals surface area (Å²) >= 11 is 0. The van der Waals surface area contributed by atoms with Crippen LogP contribution in [-0.4, -0.2) is 43.7 Å². The molecule has 0 saturated heterocycles. The van der Waals surface area contributed by atoms with Gasteiger partial charge in [0.1, 0.15) is 5.69 Å². The number of rotatable bonds is 4. The minimum atomic E-state index is -0.874. The van der Waals surface area contributed by atoms with E-state index < -0.39 is 12.1 Å². The Morgan fingerprint density at radius 1 is 1.03 bits per heavy atom. The van der Waals surface area contributed by atoms with Gasteiger partial charge in [-0.05, 0) is 37.5 Å². The number of carbonyl (C=O) groups excluding carboxylic acids is 1. The Hall–Kier alpha value is -3.78. The molecule has 0 unspecified atom stereocenters. The largest absolute Gasteiger partial charge is 0.469 e. The predicted molar refractivity (Wildman–Crippen MR) is 123 cm³/mol. The van der Waals surface area contributed by atoms with Gasteiger partial charge in [-0.25, -0.2) is 9.20 Å². The molecule has 8 nitrogen and oxygen atoms in total. The maximum atomic E-state index is 12.8. The minimum absolute atomic E-state index is 0.238. The maximum Gasteiger partial charge on any atom is 0.308 e. The van der Waals surface area contributed by atoms with Crippen molar-refractivity contribution in [2.75, 3.05) is 7.11 Å². The summed E-state index contributed by atoms with van der Waals surface area (Å²) in [5.41, 5.74) is 3.68. The zero-order chi connectivity index (χ0) is 22.9. The Balaban J connectivity index is 1.60. The molecule has 1 N–H and O–H groups in total. The van der Waals surface area contributed by atoms with Crippen molar-refractivity contribution < 1.29 is 14.6 Å². The number of aromatic nitrogens is 4. The molecule has 1 saturated carbocycles. The van der Waals surface area contributed by atoms with Crippen LogP contribution in [0.25, 0.3) is 28.0 Å². The molecule has 0 spiro atoms. The molecular weight excluding hydrogens is 420 g/mol. The molecule has 0 amide bonds. The highest BCUT2D eigenvalue weighted by molar-refractivity contribution is 5.90. The Bertz CT molecular complexity index is 1360. The predicted octanol–water partition coefficient (Wildman–Crippen LogP) is 3.10. The molecule has 3 heterocycles. The van der Waals surface area contributed by atoms with Crippen molar-refractivity contribution in [1.82, 2.24) is 19.4 Å². The smallest absolute Gasteiger partial charge is 0.308 e. The van der Waals surface area contributed by atoms with Crippen molar-refractivity contribution in [3.8, 4) is 22.5 Å². The van der Waals surface area contributed by atoms with Gasteiger partial charge < -0.3 is 9.84 Å². The lowest BCUT2D eigenvalue weighted by Gasteiger charge is -2.32. The summed E-state index contributed by atoms with van der Waals surface area (Å²) in [6.07, 6.45) is 2.22. The number of aliphatic hydroxyl groups is 1. The molecule has 4 aromatic rings. The highest BCUT2D eigenvalue weighted by Gasteiger charge is 2.35. The SMILES string of the molecule is COC(=O)[C@H]1CC[C@@H](n2nc(-c3c(-c4ccccc4)nn4ccccc34)ccc2=O)[C@H](O)C1. The number of aliphatic hydroxyl groups excluding tert-OH is 1. The highest BCUT2D eigenvalue weighted by Crippen LogP contribution is 2.35. The van der Waals surface area contributed by atoms with Crippen LogP contribution >= 0.6 is 0 Å². The fraction of sp³-hybridized carbons (Fsp3) is 0.280. The summed E-state index contributed by atoms with van der Waals surface area (Å²) in [6, 6.07) is 18.3. The zero-order valence-electron chi connectivity index (χ0n) is 18.2. The van der Waals surface area contributed by atoms with Crippen molar-refractivity contribution in [1.29, 1.82) is 0 Å². The van der Waals surface area contributed by atoms with Crippen molar-refractivity contribution in [2.24, 2.45) is 5.92 Å². The number of hydrogen-bond acceptors (Lipinski definition) is 6. The molecule has 1 aliphatic rings. The van der Waals surface area contributed by atoms with Gasteiger partial charge in [-0.3, -0.25) is 9.59 Å². The molecule has 5 rings (SSSR count). The summed E-state index contributed by atoms with van der Waals surface area (Å²) in [7, 11) is 1.34. The number of benzene rings is 1. The van der Waals surface area contributed by atoms with Crippen LogP contribution in [0.15, 0.2) is 71.7 Å². The van der Waals surface area contributed by atoms with E-state index in [4.69, 9.17) is 9.84 Å². The van der Waals surface area contributed by atoms with Gasteiger partial charge in [0, 0.05) is 17.8 Å². The average Bonchev–Trinajstić information content (AvgIpc) is 3.24. The number of hydrogen-bond donors (Lipinski definition) is 1. The van der Waals surface area contributed by atoms with Crippen molar-refractivity contribution in [3.63, 3.8) is 0 Å². The fourth-order valence-corrected chi connectivity index (χ4v) is 4.64. The first kappa shape index (κ1) is 21.1. The molecule has 33 heavy (non-hydrogen) atoms. The monoisotopic (exact) mass is 444 g/mol. The van der Waals surface area contributed by atoms with Crippen LogP contribution in [0.2, 0.25) is 0 Å². The van der Waals surface area contributed by atoms with Gasteiger partial charge in [0.25, 0.3) is 5.56 Å². The van der Waals surface area contributed by atoms with Gasteiger partial charge in [-0.1, -0.05) is 36.4 Å². The van der Waals surface area contributed by atoms with E-state index in [2.05, 4.69) is 5.10 Å². The van der Waals surface area contributed by atoms with E-state index in [9.17, 15) is 14.7 Å². The van der Waals surface area contributed by atoms with Crippen molar-refractivity contribution in [3.05, 3.63) is 77.2 Å². The lowest BCUT2D eigenvalue weighted by molar-refractivity contribution is -0.148.